The van der Waals surface area contributed by atoms with E-state index in [0.29, 0.717) is 35.0 Å². The number of hydrogen-bond donors (Lipinski definition) is 3. The zero-order chi connectivity index (χ0) is 20.1. The fraction of sp³-hybridized carbons (Fsp3) is 0.150. The molecule has 0 aliphatic rings. The van der Waals surface area contributed by atoms with Gasteiger partial charge in [-0.2, -0.15) is 5.10 Å². The van der Waals surface area contributed by atoms with E-state index in [-0.39, 0.29) is 5.71 Å². The lowest BCUT2D eigenvalue weighted by Gasteiger charge is -2.09. The molecule has 1 heterocycles. The first-order chi connectivity index (χ1) is 13.5. The van der Waals surface area contributed by atoms with Crippen LogP contribution in [0, 0.1) is 5.41 Å². The van der Waals surface area contributed by atoms with E-state index in [1.165, 1.54) is 6.20 Å². The topological polar surface area (TPSA) is 115 Å². The molecule has 0 spiro atoms. The largest absolute Gasteiger partial charge is 0.497 e. The third-order valence-corrected chi connectivity index (χ3v) is 4.10. The predicted molar refractivity (Wildman–Crippen MR) is 107 cm³/mol. The minimum atomic E-state index is -0.555. The molecule has 1 amide bonds. The third-order valence-electron chi connectivity index (χ3n) is 4.10. The van der Waals surface area contributed by atoms with Crippen molar-refractivity contribution < 1.29 is 14.3 Å². The predicted octanol–water partition coefficient (Wildman–Crippen LogP) is 2.54. The number of methoxy groups -OCH3 is 2. The number of benzene rings is 2. The Bertz CT molecular complexity index is 990. The van der Waals surface area contributed by atoms with Crippen molar-refractivity contribution in [2.24, 2.45) is 0 Å². The zero-order valence-electron chi connectivity index (χ0n) is 15.6. The van der Waals surface area contributed by atoms with Crippen LogP contribution in [-0.4, -0.2) is 35.6 Å². The second kappa shape index (κ2) is 8.26. The number of carbonyl (C=O) groups excluding carboxylic acids is 1. The van der Waals surface area contributed by atoms with Crippen LogP contribution in [-0.2, 0) is 11.3 Å². The lowest BCUT2D eigenvalue weighted by molar-refractivity contribution is -0.110. The van der Waals surface area contributed by atoms with Crippen molar-refractivity contribution >= 4 is 23.0 Å². The minimum Gasteiger partial charge on any atom is -0.497 e. The number of anilines is 2. The van der Waals surface area contributed by atoms with E-state index in [0.717, 1.165) is 5.56 Å². The summed E-state index contributed by atoms with van der Waals surface area (Å²) in [7, 11) is 3.18. The first kappa shape index (κ1) is 19.0. The van der Waals surface area contributed by atoms with Gasteiger partial charge in [0.1, 0.15) is 17.2 Å². The van der Waals surface area contributed by atoms with E-state index >= 15 is 0 Å². The Morgan fingerprint density at radius 1 is 1.18 bits per heavy atom. The van der Waals surface area contributed by atoms with Crippen LogP contribution in [0.1, 0.15) is 11.1 Å². The average molecular weight is 379 g/mol. The fourth-order valence-electron chi connectivity index (χ4n) is 2.70. The van der Waals surface area contributed by atoms with Crippen molar-refractivity contribution in [2.75, 3.05) is 25.3 Å². The highest BCUT2D eigenvalue weighted by molar-refractivity contribution is 6.48. The molecule has 28 heavy (non-hydrogen) atoms. The number of rotatable bonds is 7. The zero-order valence-corrected chi connectivity index (χ0v) is 15.6. The first-order valence-electron chi connectivity index (χ1n) is 8.49. The molecule has 3 rings (SSSR count). The molecule has 0 saturated heterocycles. The van der Waals surface area contributed by atoms with Gasteiger partial charge in [-0.1, -0.05) is 18.2 Å². The minimum absolute atomic E-state index is 0.205. The Kier molecular flexibility index (Phi) is 5.59. The maximum atomic E-state index is 12.3. The number of aromatic nitrogens is 2. The molecule has 0 fully saturated rings. The van der Waals surface area contributed by atoms with Crippen molar-refractivity contribution in [3.05, 3.63) is 66.0 Å². The molecule has 4 N–H and O–H groups in total. The summed E-state index contributed by atoms with van der Waals surface area (Å²) in [5.41, 5.74) is 7.81. The monoisotopic (exact) mass is 379 g/mol. The number of nitrogens with zero attached hydrogens (tertiary/aromatic N) is 2. The van der Waals surface area contributed by atoms with Crippen LogP contribution < -0.4 is 20.5 Å². The molecule has 0 atom stereocenters. The summed E-state index contributed by atoms with van der Waals surface area (Å²) < 4.78 is 12.2. The van der Waals surface area contributed by atoms with Crippen molar-refractivity contribution in [2.45, 2.75) is 6.54 Å². The van der Waals surface area contributed by atoms with E-state index in [1.807, 2.05) is 12.1 Å². The molecule has 2 aromatic carbocycles. The number of carbonyl (C=O) groups is 1. The van der Waals surface area contributed by atoms with Crippen LogP contribution in [0.5, 0.6) is 11.5 Å². The number of para-hydroxylation sites is 1. The van der Waals surface area contributed by atoms with Gasteiger partial charge in [-0.3, -0.25) is 14.9 Å². The summed E-state index contributed by atoms with van der Waals surface area (Å²) in [5.74, 6) is 0.813. The number of ether oxygens (including phenoxy) is 2. The summed E-state index contributed by atoms with van der Waals surface area (Å²) in [6.07, 6.45) is 3.21. The fourth-order valence-corrected chi connectivity index (χ4v) is 2.70. The second-order valence-corrected chi connectivity index (χ2v) is 6.06. The molecule has 8 nitrogen and oxygen atoms in total. The smallest absolute Gasteiger partial charge is 0.274 e. The quantitative estimate of drug-likeness (QED) is 0.431. The summed E-state index contributed by atoms with van der Waals surface area (Å²) in [4.78, 5) is 12.3. The van der Waals surface area contributed by atoms with Crippen LogP contribution >= 0.6 is 0 Å². The lowest BCUT2D eigenvalue weighted by atomic mass is 10.1. The van der Waals surface area contributed by atoms with Gasteiger partial charge in [-0.25, -0.2) is 0 Å². The molecule has 1 aromatic heterocycles. The number of amides is 1. The maximum absolute atomic E-state index is 12.3. The Hall–Kier alpha value is -3.81. The van der Waals surface area contributed by atoms with E-state index in [9.17, 15) is 4.79 Å². The normalized spacial score (nSPS) is 10.4. The first-order valence-corrected chi connectivity index (χ1v) is 8.49. The van der Waals surface area contributed by atoms with E-state index in [1.54, 1.807) is 55.4 Å². The summed E-state index contributed by atoms with van der Waals surface area (Å²) in [5, 5.41) is 15.0. The summed E-state index contributed by atoms with van der Waals surface area (Å²) in [6, 6.07) is 12.3. The van der Waals surface area contributed by atoms with Gasteiger partial charge in [0.2, 0.25) is 0 Å². The molecular weight excluding hydrogens is 358 g/mol. The van der Waals surface area contributed by atoms with Crippen LogP contribution in [0.15, 0.2) is 54.9 Å². The molecule has 0 unspecified atom stereocenters. The molecule has 0 radical (unpaired) electrons. The Labute approximate surface area is 162 Å². The van der Waals surface area contributed by atoms with E-state index in [2.05, 4.69) is 10.4 Å². The van der Waals surface area contributed by atoms with Gasteiger partial charge >= 0.3 is 0 Å². The maximum Gasteiger partial charge on any atom is 0.274 e. The van der Waals surface area contributed by atoms with Gasteiger partial charge in [-0.05, 0) is 23.8 Å². The van der Waals surface area contributed by atoms with Gasteiger partial charge < -0.3 is 20.5 Å². The van der Waals surface area contributed by atoms with Crippen molar-refractivity contribution in [1.29, 1.82) is 5.41 Å². The van der Waals surface area contributed by atoms with Crippen molar-refractivity contribution in [3.8, 4) is 11.5 Å². The van der Waals surface area contributed by atoms with Gasteiger partial charge in [-0.15, -0.1) is 0 Å². The van der Waals surface area contributed by atoms with Gasteiger partial charge in [0.25, 0.3) is 5.91 Å². The number of hydrogen-bond acceptors (Lipinski definition) is 6. The van der Waals surface area contributed by atoms with Crippen LogP contribution in [0.2, 0.25) is 0 Å². The van der Waals surface area contributed by atoms with Crippen LogP contribution in [0.3, 0.4) is 0 Å². The molecule has 144 valence electrons. The molecule has 0 aliphatic heterocycles. The Morgan fingerprint density at radius 2 is 1.86 bits per heavy atom. The summed E-state index contributed by atoms with van der Waals surface area (Å²) in [6.45, 7) is 0.465. The Morgan fingerprint density at radius 3 is 2.50 bits per heavy atom. The molecular formula is C20H21N5O3. The highest BCUT2D eigenvalue weighted by atomic mass is 16.5. The highest BCUT2D eigenvalue weighted by Crippen LogP contribution is 2.23. The van der Waals surface area contributed by atoms with Gasteiger partial charge in [0, 0.05) is 23.5 Å². The SMILES string of the molecule is COc1cc(Cn2cc(NC(=O)C(=N)c3ccccc3N)cn2)cc(OC)c1. The molecule has 8 heteroatoms. The van der Waals surface area contributed by atoms with Crippen molar-refractivity contribution in [1.82, 2.24) is 9.78 Å². The highest BCUT2D eigenvalue weighted by Gasteiger charge is 2.15. The molecule has 0 bridgehead atoms. The Balaban J connectivity index is 1.70. The van der Waals surface area contributed by atoms with E-state index in [4.69, 9.17) is 20.6 Å². The number of nitrogen functional groups attached to an aromatic ring is 1. The number of nitrogens with two attached hydrogens (primary N) is 1. The average Bonchev–Trinajstić information content (AvgIpc) is 3.14. The van der Waals surface area contributed by atoms with Crippen LogP contribution in [0.25, 0.3) is 0 Å². The summed E-state index contributed by atoms with van der Waals surface area (Å²) >= 11 is 0. The lowest BCUT2D eigenvalue weighted by Crippen LogP contribution is -2.23. The third kappa shape index (κ3) is 4.29. The van der Waals surface area contributed by atoms with Crippen molar-refractivity contribution in [3.63, 3.8) is 0 Å². The number of nitrogens with one attached hydrogen (secondary N) is 2. The van der Waals surface area contributed by atoms with E-state index < -0.39 is 5.91 Å². The van der Waals surface area contributed by atoms with Gasteiger partial charge in [0.05, 0.1) is 32.6 Å². The van der Waals surface area contributed by atoms with Gasteiger partial charge in [0.15, 0.2) is 0 Å². The van der Waals surface area contributed by atoms with Crippen LogP contribution in [0.4, 0.5) is 11.4 Å². The molecule has 0 aliphatic carbocycles. The molecule has 0 saturated carbocycles. The standard InChI is InChI=1S/C20H21N5O3/c1-27-15-7-13(8-16(9-15)28-2)11-25-12-14(10-23-25)24-20(26)19(22)17-5-3-4-6-18(17)21/h3-10,12,22H,11,21H2,1-2H3,(H,24,26). The second-order valence-electron chi connectivity index (χ2n) is 6.06. The molecule has 3 aromatic rings.